The SMILES string of the molecule is CCCCC/C=C\C/C=C\C/C=C\C/C=C\C/C=C\CCC(=O)OC[C@H](COP(=O)(O)OC[C@H](N)C(=O)O)OC(=O)CCCCCCC/C=C\CC1OC1CCCCC. The zero-order valence-corrected chi connectivity index (χ0v) is 36.9. The van der Waals surface area contributed by atoms with Crippen LogP contribution in [-0.2, 0) is 42.2 Å². The zero-order valence-electron chi connectivity index (χ0n) is 36.0. The minimum Gasteiger partial charge on any atom is -0.480 e. The predicted molar refractivity (Wildman–Crippen MR) is 235 cm³/mol. The molecule has 1 heterocycles. The number of rotatable bonds is 39. The van der Waals surface area contributed by atoms with Crippen LogP contribution in [0.2, 0.25) is 0 Å². The van der Waals surface area contributed by atoms with Crippen molar-refractivity contribution < 1.29 is 52.2 Å². The summed E-state index contributed by atoms with van der Waals surface area (Å²) in [6.45, 7) is 2.63. The van der Waals surface area contributed by atoms with Gasteiger partial charge in [-0.15, -0.1) is 0 Å². The third-order valence-corrected chi connectivity index (χ3v) is 10.3. The average Bonchev–Trinajstić information content (AvgIpc) is 3.97. The van der Waals surface area contributed by atoms with Crippen molar-refractivity contribution in [2.75, 3.05) is 19.8 Å². The summed E-state index contributed by atoms with van der Waals surface area (Å²) in [5, 5.41) is 8.89. The lowest BCUT2D eigenvalue weighted by Gasteiger charge is -2.20. The van der Waals surface area contributed by atoms with E-state index >= 15 is 0 Å². The highest BCUT2D eigenvalue weighted by atomic mass is 31.2. The Hall–Kier alpha value is -3.12. The molecule has 1 aliphatic rings. The van der Waals surface area contributed by atoms with Crippen LogP contribution >= 0.6 is 7.82 Å². The van der Waals surface area contributed by atoms with Gasteiger partial charge in [0.25, 0.3) is 0 Å². The van der Waals surface area contributed by atoms with E-state index in [1.165, 1.54) is 44.9 Å². The maximum Gasteiger partial charge on any atom is 0.472 e. The number of carboxylic acids is 1. The Kier molecular flexibility index (Phi) is 33.5. The van der Waals surface area contributed by atoms with Gasteiger partial charge in [0, 0.05) is 12.8 Å². The van der Waals surface area contributed by atoms with Crippen LogP contribution in [0.4, 0.5) is 0 Å². The Balaban J connectivity index is 2.34. The lowest BCUT2D eigenvalue weighted by molar-refractivity contribution is -0.161. The second kappa shape index (κ2) is 36.7. The second-order valence-corrected chi connectivity index (χ2v) is 16.3. The number of aliphatic carboxylic acids is 1. The van der Waals surface area contributed by atoms with Gasteiger partial charge in [0.2, 0.25) is 0 Å². The van der Waals surface area contributed by atoms with E-state index in [0.29, 0.717) is 25.0 Å². The van der Waals surface area contributed by atoms with Crippen molar-refractivity contribution in [3.05, 3.63) is 72.9 Å². The molecule has 0 aromatic heterocycles. The Morgan fingerprint density at radius 3 is 1.78 bits per heavy atom. The molecular formula is C46H76NO11P. The minimum absolute atomic E-state index is 0.0889. The smallest absolute Gasteiger partial charge is 0.472 e. The van der Waals surface area contributed by atoms with Gasteiger partial charge in [-0.2, -0.15) is 0 Å². The van der Waals surface area contributed by atoms with Gasteiger partial charge in [-0.25, -0.2) is 4.57 Å². The van der Waals surface area contributed by atoms with Crippen LogP contribution in [-0.4, -0.2) is 72.1 Å². The molecule has 0 spiro atoms. The Bertz CT molecular complexity index is 1340. The van der Waals surface area contributed by atoms with Crippen LogP contribution in [0, 0.1) is 0 Å². The molecule has 13 heteroatoms. The molecule has 0 aromatic rings. The molecule has 0 aromatic carbocycles. The molecular weight excluding hydrogens is 773 g/mol. The third-order valence-electron chi connectivity index (χ3n) is 9.36. The fourth-order valence-electron chi connectivity index (χ4n) is 5.76. The van der Waals surface area contributed by atoms with Gasteiger partial charge in [-0.05, 0) is 77.0 Å². The number of carbonyl (C=O) groups excluding carboxylic acids is 2. The van der Waals surface area contributed by atoms with Gasteiger partial charge in [-0.1, -0.05) is 138 Å². The Labute approximate surface area is 355 Å². The van der Waals surface area contributed by atoms with Crippen molar-refractivity contribution in [1.29, 1.82) is 0 Å². The van der Waals surface area contributed by atoms with E-state index in [1.54, 1.807) is 0 Å². The van der Waals surface area contributed by atoms with Crippen molar-refractivity contribution in [2.24, 2.45) is 5.73 Å². The number of esters is 2. The van der Waals surface area contributed by atoms with E-state index in [-0.39, 0.29) is 12.8 Å². The molecule has 3 unspecified atom stereocenters. The summed E-state index contributed by atoms with van der Waals surface area (Å²) < 4.78 is 38.3. The molecule has 0 saturated carbocycles. The number of epoxide rings is 1. The predicted octanol–water partition coefficient (Wildman–Crippen LogP) is 10.7. The number of unbranched alkanes of at least 4 members (excludes halogenated alkanes) is 10. The fourth-order valence-corrected chi connectivity index (χ4v) is 6.54. The number of ether oxygens (including phenoxy) is 3. The van der Waals surface area contributed by atoms with Crippen molar-refractivity contribution >= 4 is 25.7 Å². The van der Waals surface area contributed by atoms with E-state index in [1.807, 2.05) is 12.2 Å². The lowest BCUT2D eigenvalue weighted by atomic mass is 10.1. The molecule has 1 saturated heterocycles. The number of nitrogens with two attached hydrogens (primary N) is 1. The highest BCUT2D eigenvalue weighted by molar-refractivity contribution is 7.47. The molecule has 336 valence electrons. The van der Waals surface area contributed by atoms with Crippen LogP contribution in [0.25, 0.3) is 0 Å². The van der Waals surface area contributed by atoms with Crippen LogP contribution in [0.3, 0.4) is 0 Å². The third kappa shape index (κ3) is 34.3. The highest BCUT2D eigenvalue weighted by Gasteiger charge is 2.36. The lowest BCUT2D eigenvalue weighted by Crippen LogP contribution is -2.34. The van der Waals surface area contributed by atoms with E-state index in [9.17, 15) is 23.8 Å². The molecule has 0 bridgehead atoms. The molecule has 0 aliphatic carbocycles. The number of carboxylic acid groups (broad SMARTS) is 1. The Morgan fingerprint density at radius 1 is 0.627 bits per heavy atom. The first kappa shape index (κ1) is 53.9. The Morgan fingerprint density at radius 2 is 1.15 bits per heavy atom. The largest absolute Gasteiger partial charge is 0.480 e. The first-order valence-electron chi connectivity index (χ1n) is 22.1. The standard InChI is InChI=1S/C46H76NO11P/c1-3-5-7-8-9-10-11-12-13-14-15-16-17-18-19-20-24-27-31-35-44(48)54-37-40(38-55-59(52,53)56-39-41(47)46(50)51)57-45(49)36-32-28-25-22-21-23-26-30-34-43-42(58-43)33-29-6-4-2/h9-10,12-13,15-16,18-19,24,26-27,30,40-43H,3-8,11,14,17,20-23,25,28-29,31-39,47H2,1-2H3,(H,50,51)(H,52,53)/b10-9-,13-12-,16-15-,19-18-,27-24-,30-26-/t40-,41+,42?,43?/m1/s1. The average molecular weight is 850 g/mol. The highest BCUT2D eigenvalue weighted by Crippen LogP contribution is 2.43. The number of hydrogen-bond acceptors (Lipinski definition) is 10. The van der Waals surface area contributed by atoms with Gasteiger partial charge in [-0.3, -0.25) is 23.4 Å². The summed E-state index contributed by atoms with van der Waals surface area (Å²) in [5.74, 6) is -2.52. The number of allylic oxidation sites excluding steroid dienone is 11. The van der Waals surface area contributed by atoms with Gasteiger partial charge in [0.05, 0.1) is 25.4 Å². The number of phosphoric ester groups is 1. The number of hydrogen-bond donors (Lipinski definition) is 3. The number of carbonyl (C=O) groups is 3. The van der Waals surface area contributed by atoms with Crippen LogP contribution in [0.5, 0.6) is 0 Å². The summed E-state index contributed by atoms with van der Waals surface area (Å²) in [6.07, 6.45) is 45.8. The topological polar surface area (TPSA) is 184 Å². The van der Waals surface area contributed by atoms with E-state index < -0.39 is 57.7 Å². The summed E-state index contributed by atoms with van der Waals surface area (Å²) in [7, 11) is -4.74. The summed E-state index contributed by atoms with van der Waals surface area (Å²) in [4.78, 5) is 46.0. The maximum atomic E-state index is 12.6. The van der Waals surface area contributed by atoms with Crippen LogP contribution in [0.15, 0.2) is 72.9 Å². The van der Waals surface area contributed by atoms with Gasteiger partial charge in [0.1, 0.15) is 12.6 Å². The van der Waals surface area contributed by atoms with Gasteiger partial charge < -0.3 is 29.9 Å². The molecule has 12 nitrogen and oxygen atoms in total. The molecule has 0 radical (unpaired) electrons. The molecule has 1 rings (SSSR count). The molecule has 0 amide bonds. The van der Waals surface area contributed by atoms with Crippen molar-refractivity contribution in [2.45, 2.75) is 179 Å². The second-order valence-electron chi connectivity index (χ2n) is 14.9. The van der Waals surface area contributed by atoms with E-state index in [0.717, 1.165) is 70.6 Å². The molecule has 4 N–H and O–H groups in total. The minimum atomic E-state index is -4.74. The molecule has 1 fully saturated rings. The van der Waals surface area contributed by atoms with Crippen molar-refractivity contribution in [3.8, 4) is 0 Å². The first-order chi connectivity index (χ1) is 28.6. The normalized spacial score (nSPS) is 17.8. The molecule has 1 aliphatic heterocycles. The quantitative estimate of drug-likeness (QED) is 0.0175. The number of phosphoric acid groups is 1. The summed E-state index contributed by atoms with van der Waals surface area (Å²) in [5.41, 5.74) is 5.33. The van der Waals surface area contributed by atoms with Crippen LogP contribution < -0.4 is 5.73 Å². The van der Waals surface area contributed by atoms with Crippen molar-refractivity contribution in [3.63, 3.8) is 0 Å². The van der Waals surface area contributed by atoms with E-state index in [2.05, 4.69) is 79.1 Å². The molecule has 5 atom stereocenters. The first-order valence-corrected chi connectivity index (χ1v) is 23.6. The molecule has 59 heavy (non-hydrogen) atoms. The van der Waals surface area contributed by atoms with Gasteiger partial charge in [0.15, 0.2) is 6.10 Å². The van der Waals surface area contributed by atoms with Gasteiger partial charge >= 0.3 is 25.7 Å². The maximum absolute atomic E-state index is 12.6. The summed E-state index contributed by atoms with van der Waals surface area (Å²) in [6, 6.07) is -1.54. The fraction of sp³-hybridized carbons (Fsp3) is 0.674. The van der Waals surface area contributed by atoms with E-state index in [4.69, 9.17) is 29.6 Å². The van der Waals surface area contributed by atoms with Crippen LogP contribution in [0.1, 0.15) is 155 Å². The zero-order chi connectivity index (χ0) is 43.2. The summed E-state index contributed by atoms with van der Waals surface area (Å²) >= 11 is 0. The monoisotopic (exact) mass is 850 g/mol. The van der Waals surface area contributed by atoms with Crippen molar-refractivity contribution in [1.82, 2.24) is 0 Å².